The second kappa shape index (κ2) is 7.13. The molecule has 1 aromatic heterocycles. The number of carbonyl (C=O) groups excluding carboxylic acids is 1. The minimum absolute atomic E-state index is 0.0959. The van der Waals surface area contributed by atoms with E-state index in [1.165, 1.54) is 6.07 Å². The van der Waals surface area contributed by atoms with Gasteiger partial charge in [0.1, 0.15) is 5.82 Å². The van der Waals surface area contributed by atoms with Gasteiger partial charge in [-0.3, -0.25) is 4.79 Å². The zero-order valence-electron chi connectivity index (χ0n) is 13.7. The molecule has 0 fully saturated rings. The van der Waals surface area contributed by atoms with Crippen molar-refractivity contribution in [1.82, 2.24) is 0 Å². The maximum absolute atomic E-state index is 14.1. The van der Waals surface area contributed by atoms with E-state index >= 15 is 0 Å². The van der Waals surface area contributed by atoms with Crippen LogP contribution in [0.1, 0.15) is 16.9 Å². The van der Waals surface area contributed by atoms with Gasteiger partial charge in [-0.25, -0.2) is 9.38 Å². The van der Waals surface area contributed by atoms with Gasteiger partial charge in [-0.1, -0.05) is 30.3 Å². The summed E-state index contributed by atoms with van der Waals surface area (Å²) in [6, 6.07) is 17.9. The standard InChI is InChI=1S/C20H14BrFN2OS/c21-19-10-9-18(26-19)16-11-20(25)24(12-13-5-1-2-6-14(13)22)17-8-4-3-7-15(17)23-16/h1-10H,11-12H2. The molecular weight excluding hydrogens is 415 g/mol. The molecule has 6 heteroatoms. The molecule has 0 bridgehead atoms. The van der Waals surface area contributed by atoms with Gasteiger partial charge in [0.25, 0.3) is 0 Å². The number of amides is 1. The molecule has 1 aliphatic heterocycles. The smallest absolute Gasteiger partial charge is 0.233 e. The first kappa shape index (κ1) is 17.1. The van der Waals surface area contributed by atoms with Gasteiger partial charge in [-0.05, 0) is 46.3 Å². The van der Waals surface area contributed by atoms with Crippen molar-refractivity contribution in [2.45, 2.75) is 13.0 Å². The second-order valence-electron chi connectivity index (χ2n) is 5.90. The molecule has 26 heavy (non-hydrogen) atoms. The highest BCUT2D eigenvalue weighted by Gasteiger charge is 2.26. The third-order valence-electron chi connectivity index (χ3n) is 4.19. The highest BCUT2D eigenvalue weighted by Crippen LogP contribution is 2.35. The summed E-state index contributed by atoms with van der Waals surface area (Å²) in [5.74, 6) is -0.410. The number of nitrogens with zero attached hydrogens (tertiary/aromatic N) is 2. The quantitative estimate of drug-likeness (QED) is 0.525. The average Bonchev–Trinajstić information content (AvgIpc) is 3.01. The summed E-state index contributed by atoms with van der Waals surface area (Å²) in [7, 11) is 0. The number of carbonyl (C=O) groups is 1. The molecule has 0 saturated heterocycles. The summed E-state index contributed by atoms with van der Waals surface area (Å²) in [5.41, 5.74) is 2.63. The molecule has 0 saturated carbocycles. The van der Waals surface area contributed by atoms with Gasteiger partial charge >= 0.3 is 0 Å². The monoisotopic (exact) mass is 428 g/mol. The molecule has 1 amide bonds. The fraction of sp³-hybridized carbons (Fsp3) is 0.100. The zero-order valence-corrected chi connectivity index (χ0v) is 16.1. The lowest BCUT2D eigenvalue weighted by Crippen LogP contribution is -2.31. The molecule has 0 radical (unpaired) electrons. The normalized spacial score (nSPS) is 14.0. The lowest BCUT2D eigenvalue weighted by atomic mass is 10.1. The summed E-state index contributed by atoms with van der Waals surface area (Å²) in [5, 5.41) is 0. The Kier molecular flexibility index (Phi) is 4.70. The molecule has 3 nitrogen and oxygen atoms in total. The largest absolute Gasteiger partial charge is 0.305 e. The highest BCUT2D eigenvalue weighted by molar-refractivity contribution is 9.11. The van der Waals surface area contributed by atoms with E-state index in [-0.39, 0.29) is 24.7 Å². The van der Waals surface area contributed by atoms with E-state index in [9.17, 15) is 9.18 Å². The van der Waals surface area contributed by atoms with Gasteiger partial charge in [0, 0.05) is 5.56 Å². The van der Waals surface area contributed by atoms with Crippen LogP contribution in [0.3, 0.4) is 0 Å². The number of halogens is 2. The van der Waals surface area contributed by atoms with Crippen LogP contribution in [0, 0.1) is 5.82 Å². The fourth-order valence-corrected chi connectivity index (χ4v) is 4.30. The van der Waals surface area contributed by atoms with E-state index in [4.69, 9.17) is 4.99 Å². The van der Waals surface area contributed by atoms with Gasteiger partial charge in [-0.2, -0.15) is 0 Å². The Balaban J connectivity index is 1.76. The van der Waals surface area contributed by atoms with E-state index in [2.05, 4.69) is 15.9 Å². The minimum Gasteiger partial charge on any atom is -0.305 e. The van der Waals surface area contributed by atoms with Crippen LogP contribution in [0.4, 0.5) is 15.8 Å². The Labute approximate surface area is 162 Å². The SMILES string of the molecule is O=C1CC(c2ccc(Br)s2)=Nc2ccccc2N1Cc1ccccc1F. The van der Waals surface area contributed by atoms with Crippen molar-refractivity contribution >= 4 is 50.3 Å². The van der Waals surface area contributed by atoms with Crippen LogP contribution in [0.2, 0.25) is 0 Å². The van der Waals surface area contributed by atoms with Gasteiger partial charge in [0.05, 0.1) is 38.7 Å². The number of rotatable bonds is 3. The van der Waals surface area contributed by atoms with Gasteiger partial charge in [0.2, 0.25) is 5.91 Å². The molecule has 0 unspecified atom stereocenters. The molecule has 1 aliphatic rings. The highest BCUT2D eigenvalue weighted by atomic mass is 79.9. The molecule has 4 rings (SSSR count). The van der Waals surface area contributed by atoms with Crippen molar-refractivity contribution in [3.63, 3.8) is 0 Å². The number of thiophene rings is 1. The number of anilines is 1. The second-order valence-corrected chi connectivity index (χ2v) is 8.36. The molecule has 0 spiro atoms. The lowest BCUT2D eigenvalue weighted by Gasteiger charge is -2.22. The Morgan fingerprint density at radius 1 is 1.08 bits per heavy atom. The Bertz CT molecular complexity index is 1010. The summed E-state index contributed by atoms with van der Waals surface area (Å²) >= 11 is 5.00. The molecule has 130 valence electrons. The van der Waals surface area contributed by atoms with Crippen LogP contribution in [-0.4, -0.2) is 11.6 Å². The van der Waals surface area contributed by atoms with Crippen LogP contribution in [-0.2, 0) is 11.3 Å². The summed E-state index contributed by atoms with van der Waals surface area (Å²) < 4.78 is 15.1. The first-order valence-corrected chi connectivity index (χ1v) is 9.69. The molecule has 2 heterocycles. The molecular formula is C20H14BrFN2OS. The topological polar surface area (TPSA) is 32.7 Å². The third kappa shape index (κ3) is 3.34. The number of fused-ring (bicyclic) bond motifs is 1. The van der Waals surface area contributed by atoms with Crippen molar-refractivity contribution in [3.8, 4) is 0 Å². The number of para-hydroxylation sites is 2. The molecule has 2 aromatic carbocycles. The lowest BCUT2D eigenvalue weighted by molar-refractivity contribution is -0.117. The van der Waals surface area contributed by atoms with E-state index in [1.807, 2.05) is 36.4 Å². The Morgan fingerprint density at radius 3 is 2.62 bits per heavy atom. The third-order valence-corrected chi connectivity index (χ3v) is 5.86. The van der Waals surface area contributed by atoms with Crippen molar-refractivity contribution < 1.29 is 9.18 Å². The van der Waals surface area contributed by atoms with E-state index in [0.29, 0.717) is 16.9 Å². The van der Waals surface area contributed by atoms with E-state index < -0.39 is 0 Å². The van der Waals surface area contributed by atoms with E-state index in [1.54, 1.807) is 34.4 Å². The first-order valence-electron chi connectivity index (χ1n) is 8.08. The molecule has 0 aliphatic carbocycles. The van der Waals surface area contributed by atoms with Crippen molar-refractivity contribution in [1.29, 1.82) is 0 Å². The molecule has 0 N–H and O–H groups in total. The maximum atomic E-state index is 14.1. The van der Waals surface area contributed by atoms with Crippen molar-refractivity contribution in [2.24, 2.45) is 4.99 Å². The number of hydrogen-bond acceptors (Lipinski definition) is 3. The zero-order chi connectivity index (χ0) is 18.1. The van der Waals surface area contributed by atoms with Crippen LogP contribution >= 0.6 is 27.3 Å². The Morgan fingerprint density at radius 2 is 1.85 bits per heavy atom. The van der Waals surface area contributed by atoms with Crippen LogP contribution in [0.15, 0.2) is 69.4 Å². The molecule has 3 aromatic rings. The van der Waals surface area contributed by atoms with Crippen LogP contribution in [0.25, 0.3) is 0 Å². The number of hydrogen-bond donors (Lipinski definition) is 0. The van der Waals surface area contributed by atoms with Crippen molar-refractivity contribution in [3.05, 3.63) is 80.7 Å². The predicted octanol–water partition coefficient (Wildman–Crippen LogP) is 5.71. The minimum atomic E-state index is -0.314. The van der Waals surface area contributed by atoms with Crippen molar-refractivity contribution in [2.75, 3.05) is 4.90 Å². The van der Waals surface area contributed by atoms with Crippen LogP contribution < -0.4 is 4.90 Å². The first-order chi connectivity index (χ1) is 12.6. The fourth-order valence-electron chi connectivity index (χ4n) is 2.93. The summed E-state index contributed by atoms with van der Waals surface area (Å²) in [4.78, 5) is 20.3. The Hall–Kier alpha value is -2.31. The summed E-state index contributed by atoms with van der Waals surface area (Å²) in [6.45, 7) is 0.180. The summed E-state index contributed by atoms with van der Waals surface area (Å²) in [6.07, 6.45) is 0.177. The predicted molar refractivity (Wildman–Crippen MR) is 107 cm³/mol. The number of benzene rings is 2. The van der Waals surface area contributed by atoms with Gasteiger partial charge in [0.15, 0.2) is 0 Å². The van der Waals surface area contributed by atoms with Crippen LogP contribution in [0.5, 0.6) is 0 Å². The van der Waals surface area contributed by atoms with E-state index in [0.717, 1.165) is 14.4 Å². The maximum Gasteiger partial charge on any atom is 0.233 e. The van der Waals surface area contributed by atoms with Gasteiger partial charge < -0.3 is 4.90 Å². The van der Waals surface area contributed by atoms with Gasteiger partial charge in [-0.15, -0.1) is 11.3 Å². The average molecular weight is 429 g/mol. The molecule has 0 atom stereocenters. The number of aliphatic imine (C=N–C) groups is 1.